The van der Waals surface area contributed by atoms with Crippen LogP contribution < -0.4 is 5.73 Å². The van der Waals surface area contributed by atoms with Crippen LogP contribution in [0.25, 0.3) is 11.3 Å². The summed E-state index contributed by atoms with van der Waals surface area (Å²) < 4.78 is 13.6. The van der Waals surface area contributed by atoms with E-state index in [0.717, 1.165) is 21.8 Å². The lowest BCUT2D eigenvalue weighted by Crippen LogP contribution is -2.11. The Morgan fingerprint density at radius 2 is 1.90 bits per heavy atom. The largest absolute Gasteiger partial charge is 0.318 e. The molecular weight excluding hydrogens is 283 g/mol. The van der Waals surface area contributed by atoms with Gasteiger partial charge in [0.15, 0.2) is 0 Å². The topological polar surface area (TPSA) is 38.9 Å². The lowest BCUT2D eigenvalue weighted by Gasteiger charge is -2.08. The molecule has 106 valence electrons. The van der Waals surface area contributed by atoms with E-state index in [1.165, 1.54) is 17.4 Å². The van der Waals surface area contributed by atoms with Crippen molar-refractivity contribution in [3.05, 3.63) is 75.9 Å². The molecule has 2 aromatic carbocycles. The summed E-state index contributed by atoms with van der Waals surface area (Å²) in [6.45, 7) is 1.75. The van der Waals surface area contributed by atoms with Gasteiger partial charge >= 0.3 is 0 Å². The third-order valence-corrected chi connectivity index (χ3v) is 4.34. The number of halogens is 1. The quantitative estimate of drug-likeness (QED) is 0.782. The van der Waals surface area contributed by atoms with Gasteiger partial charge in [-0.15, -0.1) is 11.3 Å². The molecule has 0 aliphatic carbocycles. The second-order valence-corrected chi connectivity index (χ2v) is 5.81. The second kappa shape index (κ2) is 5.76. The van der Waals surface area contributed by atoms with Gasteiger partial charge in [-0.05, 0) is 24.1 Å². The maximum absolute atomic E-state index is 13.6. The van der Waals surface area contributed by atoms with E-state index in [4.69, 9.17) is 5.73 Å². The molecule has 0 aliphatic rings. The maximum atomic E-state index is 13.6. The van der Waals surface area contributed by atoms with E-state index in [0.29, 0.717) is 5.56 Å². The highest BCUT2D eigenvalue weighted by atomic mass is 32.1. The summed E-state index contributed by atoms with van der Waals surface area (Å²) in [4.78, 5) is 4.55. The van der Waals surface area contributed by atoms with Crippen LogP contribution in [0.4, 0.5) is 4.39 Å². The average molecular weight is 298 g/mol. The molecule has 0 amide bonds. The van der Waals surface area contributed by atoms with Gasteiger partial charge in [0.1, 0.15) is 10.8 Å². The molecule has 1 atom stereocenters. The number of rotatable bonds is 3. The van der Waals surface area contributed by atoms with Crippen LogP contribution in [-0.4, -0.2) is 4.98 Å². The maximum Gasteiger partial charge on any atom is 0.126 e. The van der Waals surface area contributed by atoms with Crippen molar-refractivity contribution in [2.45, 2.75) is 13.0 Å². The van der Waals surface area contributed by atoms with Crippen molar-refractivity contribution in [1.29, 1.82) is 0 Å². The van der Waals surface area contributed by atoms with Crippen molar-refractivity contribution in [1.82, 2.24) is 4.98 Å². The van der Waals surface area contributed by atoms with Crippen LogP contribution in [0.3, 0.4) is 0 Å². The molecule has 3 aromatic rings. The molecule has 2 nitrogen and oxygen atoms in total. The molecule has 0 saturated heterocycles. The molecule has 1 aromatic heterocycles. The van der Waals surface area contributed by atoms with Gasteiger partial charge in [-0.25, -0.2) is 9.37 Å². The highest BCUT2D eigenvalue weighted by Crippen LogP contribution is 2.28. The molecule has 21 heavy (non-hydrogen) atoms. The Bertz CT molecular complexity index is 752. The molecule has 0 aliphatic heterocycles. The van der Waals surface area contributed by atoms with Gasteiger partial charge in [0.05, 0.1) is 11.7 Å². The van der Waals surface area contributed by atoms with E-state index >= 15 is 0 Å². The van der Waals surface area contributed by atoms with Crippen molar-refractivity contribution >= 4 is 11.3 Å². The smallest absolute Gasteiger partial charge is 0.126 e. The van der Waals surface area contributed by atoms with Crippen LogP contribution in [0.5, 0.6) is 0 Å². The number of aryl methyl sites for hydroxylation is 1. The van der Waals surface area contributed by atoms with Gasteiger partial charge in [-0.2, -0.15) is 0 Å². The Labute approximate surface area is 127 Å². The highest BCUT2D eigenvalue weighted by molar-refractivity contribution is 7.10. The Hall–Kier alpha value is -2.04. The van der Waals surface area contributed by atoms with Crippen molar-refractivity contribution < 1.29 is 4.39 Å². The number of benzene rings is 2. The molecule has 4 heteroatoms. The van der Waals surface area contributed by atoms with E-state index < -0.39 is 0 Å². The van der Waals surface area contributed by atoms with Gasteiger partial charge in [-0.3, -0.25) is 0 Å². The van der Waals surface area contributed by atoms with E-state index in [2.05, 4.69) is 4.98 Å². The molecule has 3 rings (SSSR count). The fraction of sp³-hybridized carbons (Fsp3) is 0.118. The van der Waals surface area contributed by atoms with Crippen LogP contribution in [-0.2, 0) is 0 Å². The fourth-order valence-electron chi connectivity index (χ4n) is 2.12. The number of hydrogen-bond donors (Lipinski definition) is 1. The first-order chi connectivity index (χ1) is 10.1. The van der Waals surface area contributed by atoms with Gasteiger partial charge in [0.25, 0.3) is 0 Å². The third kappa shape index (κ3) is 2.86. The summed E-state index contributed by atoms with van der Waals surface area (Å²) in [5, 5.41) is 2.75. The molecule has 0 spiro atoms. The Kier molecular flexibility index (Phi) is 3.82. The van der Waals surface area contributed by atoms with Gasteiger partial charge in [0, 0.05) is 10.9 Å². The van der Waals surface area contributed by atoms with E-state index in [1.54, 1.807) is 13.0 Å². The van der Waals surface area contributed by atoms with Crippen LogP contribution in [0.2, 0.25) is 0 Å². The fourth-order valence-corrected chi connectivity index (χ4v) is 2.97. The molecule has 0 bridgehead atoms. The highest BCUT2D eigenvalue weighted by Gasteiger charge is 2.14. The summed E-state index contributed by atoms with van der Waals surface area (Å²) >= 11 is 1.50. The summed E-state index contributed by atoms with van der Waals surface area (Å²) in [5.41, 5.74) is 9.43. The zero-order valence-electron chi connectivity index (χ0n) is 11.6. The van der Waals surface area contributed by atoms with Crippen LogP contribution in [0, 0.1) is 12.7 Å². The second-order valence-electron chi connectivity index (χ2n) is 4.92. The average Bonchev–Trinajstić information content (AvgIpc) is 3.00. The number of nitrogens with two attached hydrogens (primary N) is 1. The Morgan fingerprint density at radius 3 is 2.62 bits per heavy atom. The van der Waals surface area contributed by atoms with Crippen molar-refractivity contribution in [3.8, 4) is 11.3 Å². The summed E-state index contributed by atoms with van der Waals surface area (Å²) in [7, 11) is 0. The zero-order chi connectivity index (χ0) is 14.8. The van der Waals surface area contributed by atoms with Crippen LogP contribution in [0.1, 0.15) is 22.2 Å². The molecule has 0 radical (unpaired) electrons. The molecule has 0 fully saturated rings. The predicted octanol–water partition coefficient (Wildman–Crippen LogP) is 4.31. The van der Waals surface area contributed by atoms with Gasteiger partial charge in [-0.1, -0.05) is 42.5 Å². The van der Waals surface area contributed by atoms with Crippen molar-refractivity contribution in [2.75, 3.05) is 0 Å². The minimum Gasteiger partial charge on any atom is -0.318 e. The number of nitrogens with zero attached hydrogens (tertiary/aromatic N) is 1. The zero-order valence-corrected chi connectivity index (χ0v) is 12.4. The first kappa shape index (κ1) is 13.9. The Morgan fingerprint density at radius 1 is 1.14 bits per heavy atom. The summed E-state index contributed by atoms with van der Waals surface area (Å²) in [5.74, 6) is -0.214. The molecule has 0 saturated carbocycles. The molecule has 2 N–H and O–H groups in total. The normalized spacial score (nSPS) is 12.3. The molecule has 1 heterocycles. The predicted molar refractivity (Wildman–Crippen MR) is 84.7 cm³/mol. The molecular formula is C17H15FN2S. The number of hydrogen-bond acceptors (Lipinski definition) is 3. The monoisotopic (exact) mass is 298 g/mol. The van der Waals surface area contributed by atoms with Crippen LogP contribution in [0.15, 0.2) is 53.9 Å². The van der Waals surface area contributed by atoms with E-state index in [9.17, 15) is 4.39 Å². The standard InChI is InChI=1S/C17H15FN2S/c1-11-7-8-13(9-14(11)18)15-10-21-17(20-15)16(19)12-5-3-2-4-6-12/h2-10,16H,19H2,1H3. The van der Waals surface area contributed by atoms with Gasteiger partial charge in [0.2, 0.25) is 0 Å². The number of thiazole rings is 1. The lowest BCUT2D eigenvalue weighted by molar-refractivity contribution is 0.619. The minimum absolute atomic E-state index is 0.214. The van der Waals surface area contributed by atoms with Crippen molar-refractivity contribution in [3.63, 3.8) is 0 Å². The SMILES string of the molecule is Cc1ccc(-c2csc(C(N)c3ccccc3)n2)cc1F. The van der Waals surface area contributed by atoms with Crippen molar-refractivity contribution in [2.24, 2.45) is 5.73 Å². The number of aromatic nitrogens is 1. The Balaban J connectivity index is 1.91. The molecule has 1 unspecified atom stereocenters. The van der Waals surface area contributed by atoms with E-state index in [1.807, 2.05) is 41.8 Å². The summed E-state index contributed by atoms with van der Waals surface area (Å²) in [6, 6.07) is 14.7. The first-order valence-corrected chi connectivity index (χ1v) is 7.55. The van der Waals surface area contributed by atoms with Crippen LogP contribution >= 0.6 is 11.3 Å². The van der Waals surface area contributed by atoms with Gasteiger partial charge < -0.3 is 5.73 Å². The van der Waals surface area contributed by atoms with E-state index in [-0.39, 0.29) is 11.9 Å². The first-order valence-electron chi connectivity index (χ1n) is 6.67. The minimum atomic E-state index is -0.250. The summed E-state index contributed by atoms with van der Waals surface area (Å²) in [6.07, 6.45) is 0. The lowest BCUT2D eigenvalue weighted by atomic mass is 10.1. The third-order valence-electron chi connectivity index (χ3n) is 3.41.